The predicted octanol–water partition coefficient (Wildman–Crippen LogP) is 4.27. The SMILES string of the molecule is CCCC1C=CC2(CC1)C(=O)C1(CCC(CCC)CC1)C(=O)N2O. The van der Waals surface area contributed by atoms with Crippen molar-refractivity contribution in [2.45, 2.75) is 83.6 Å². The van der Waals surface area contributed by atoms with Crippen LogP contribution in [0.25, 0.3) is 0 Å². The Balaban J connectivity index is 1.82. The summed E-state index contributed by atoms with van der Waals surface area (Å²) in [4.78, 5) is 26.2. The lowest BCUT2D eigenvalue weighted by Crippen LogP contribution is -2.48. The molecule has 2 unspecified atom stereocenters. The summed E-state index contributed by atoms with van der Waals surface area (Å²) in [5.41, 5.74) is -2.04. The molecule has 2 fully saturated rings. The minimum Gasteiger partial charge on any atom is -0.295 e. The van der Waals surface area contributed by atoms with Crippen molar-refractivity contribution in [1.82, 2.24) is 5.06 Å². The van der Waals surface area contributed by atoms with Gasteiger partial charge in [0.2, 0.25) is 0 Å². The highest BCUT2D eigenvalue weighted by Gasteiger charge is 2.66. The van der Waals surface area contributed by atoms with Crippen LogP contribution >= 0.6 is 0 Å². The zero-order valence-corrected chi connectivity index (χ0v) is 15.1. The Bertz CT molecular complexity index is 533. The van der Waals surface area contributed by atoms with Gasteiger partial charge in [0.15, 0.2) is 5.78 Å². The van der Waals surface area contributed by atoms with Crippen molar-refractivity contribution < 1.29 is 14.8 Å². The summed E-state index contributed by atoms with van der Waals surface area (Å²) in [5.74, 6) is 0.708. The van der Waals surface area contributed by atoms with Gasteiger partial charge in [-0.1, -0.05) is 45.3 Å². The molecule has 2 atom stereocenters. The number of carbonyl (C=O) groups is 2. The lowest BCUT2D eigenvalue weighted by molar-refractivity contribution is -0.181. The number of Topliss-reactive ketones (excluding diaryl/α,β-unsaturated/α-hetero) is 1. The monoisotopic (exact) mass is 333 g/mol. The van der Waals surface area contributed by atoms with Crippen LogP contribution in [-0.4, -0.2) is 27.5 Å². The van der Waals surface area contributed by atoms with Crippen molar-refractivity contribution in [3.8, 4) is 0 Å². The molecule has 2 spiro atoms. The second-order valence-corrected chi connectivity index (χ2v) is 8.13. The second-order valence-electron chi connectivity index (χ2n) is 8.13. The molecule has 4 heteroatoms. The van der Waals surface area contributed by atoms with Crippen LogP contribution in [0.4, 0.5) is 0 Å². The molecule has 1 amide bonds. The van der Waals surface area contributed by atoms with E-state index in [1.54, 1.807) is 0 Å². The summed E-state index contributed by atoms with van der Waals surface area (Å²) in [6, 6.07) is 0. The third-order valence-corrected chi connectivity index (χ3v) is 6.66. The van der Waals surface area contributed by atoms with Gasteiger partial charge in [-0.3, -0.25) is 14.8 Å². The van der Waals surface area contributed by atoms with E-state index in [1.807, 2.05) is 6.08 Å². The number of hydroxylamine groups is 2. The van der Waals surface area contributed by atoms with Gasteiger partial charge in [-0.05, 0) is 56.8 Å². The maximum Gasteiger partial charge on any atom is 0.260 e. The van der Waals surface area contributed by atoms with E-state index in [-0.39, 0.29) is 11.7 Å². The smallest absolute Gasteiger partial charge is 0.260 e. The summed E-state index contributed by atoms with van der Waals surface area (Å²) >= 11 is 0. The highest BCUT2D eigenvalue weighted by molar-refractivity contribution is 6.17. The van der Waals surface area contributed by atoms with Crippen molar-refractivity contribution in [2.75, 3.05) is 0 Å². The number of ketones is 1. The van der Waals surface area contributed by atoms with Gasteiger partial charge in [0.1, 0.15) is 11.0 Å². The molecule has 0 radical (unpaired) electrons. The van der Waals surface area contributed by atoms with Crippen LogP contribution in [-0.2, 0) is 9.59 Å². The maximum atomic E-state index is 13.3. The van der Waals surface area contributed by atoms with Crippen LogP contribution in [0.5, 0.6) is 0 Å². The largest absolute Gasteiger partial charge is 0.295 e. The summed E-state index contributed by atoms with van der Waals surface area (Å²) in [5, 5.41) is 11.4. The lowest BCUT2D eigenvalue weighted by atomic mass is 9.64. The Hall–Kier alpha value is -1.16. The van der Waals surface area contributed by atoms with E-state index >= 15 is 0 Å². The fraction of sp³-hybridized carbons (Fsp3) is 0.800. The highest BCUT2D eigenvalue weighted by atomic mass is 16.5. The molecule has 134 valence electrons. The summed E-state index contributed by atoms with van der Waals surface area (Å²) in [7, 11) is 0. The molecule has 2 aliphatic carbocycles. The fourth-order valence-electron chi connectivity index (χ4n) is 5.16. The Morgan fingerprint density at radius 1 is 1.08 bits per heavy atom. The first kappa shape index (κ1) is 17.7. The highest BCUT2D eigenvalue weighted by Crippen LogP contribution is 2.52. The molecule has 24 heavy (non-hydrogen) atoms. The van der Waals surface area contributed by atoms with Gasteiger partial charge in [0.05, 0.1) is 0 Å². The molecule has 0 aromatic rings. The van der Waals surface area contributed by atoms with E-state index in [0.717, 1.165) is 43.6 Å². The van der Waals surface area contributed by atoms with Gasteiger partial charge >= 0.3 is 0 Å². The minimum absolute atomic E-state index is 0.0383. The maximum absolute atomic E-state index is 13.3. The van der Waals surface area contributed by atoms with Crippen LogP contribution in [0.2, 0.25) is 0 Å². The fourth-order valence-corrected chi connectivity index (χ4v) is 5.16. The number of carbonyl (C=O) groups excluding carboxylic acids is 2. The van der Waals surface area contributed by atoms with Crippen molar-refractivity contribution in [3.63, 3.8) is 0 Å². The minimum atomic E-state index is -1.08. The topological polar surface area (TPSA) is 57.6 Å². The van der Waals surface area contributed by atoms with E-state index in [1.165, 1.54) is 6.42 Å². The second kappa shape index (κ2) is 6.62. The molecule has 0 aromatic carbocycles. The number of amides is 1. The van der Waals surface area contributed by atoms with Crippen molar-refractivity contribution in [2.24, 2.45) is 17.3 Å². The van der Waals surface area contributed by atoms with Crippen molar-refractivity contribution in [3.05, 3.63) is 12.2 Å². The number of allylic oxidation sites excluding steroid dienone is 1. The molecule has 0 bridgehead atoms. The molecule has 3 rings (SSSR count). The van der Waals surface area contributed by atoms with Gasteiger partial charge in [0.25, 0.3) is 5.91 Å². The molecule has 1 heterocycles. The third-order valence-electron chi connectivity index (χ3n) is 6.66. The first-order valence-electron chi connectivity index (χ1n) is 9.78. The molecule has 3 aliphatic rings. The van der Waals surface area contributed by atoms with Crippen LogP contribution < -0.4 is 0 Å². The van der Waals surface area contributed by atoms with E-state index in [4.69, 9.17) is 0 Å². The standard InChI is InChI=1S/C20H31NO3/c1-3-5-15-7-11-19(12-8-15)17(22)20(21(24)18(19)23)13-9-16(6-4-2)10-14-20/h9,13,15-16,24H,3-8,10-12,14H2,1-2H3. The first-order chi connectivity index (χ1) is 11.5. The van der Waals surface area contributed by atoms with Crippen LogP contribution in [0.1, 0.15) is 78.1 Å². The summed E-state index contributed by atoms with van der Waals surface area (Å²) in [6.45, 7) is 4.34. The number of hydrogen-bond acceptors (Lipinski definition) is 3. The molecule has 4 nitrogen and oxygen atoms in total. The Kier molecular flexibility index (Phi) is 4.87. The molecule has 1 saturated heterocycles. The average molecular weight is 333 g/mol. The van der Waals surface area contributed by atoms with Crippen molar-refractivity contribution >= 4 is 11.7 Å². The van der Waals surface area contributed by atoms with E-state index in [0.29, 0.717) is 31.1 Å². The quantitative estimate of drug-likeness (QED) is 0.475. The number of rotatable bonds is 4. The van der Waals surface area contributed by atoms with Gasteiger partial charge in [-0.2, -0.15) is 0 Å². The van der Waals surface area contributed by atoms with Crippen LogP contribution in [0, 0.1) is 17.3 Å². The van der Waals surface area contributed by atoms with E-state index in [9.17, 15) is 14.8 Å². The normalized spacial score (nSPS) is 39.4. The zero-order chi connectivity index (χ0) is 17.4. The summed E-state index contributed by atoms with van der Waals surface area (Å²) < 4.78 is 0. The van der Waals surface area contributed by atoms with Gasteiger partial charge in [0, 0.05) is 0 Å². The zero-order valence-electron chi connectivity index (χ0n) is 15.1. The molecular formula is C20H31NO3. The van der Waals surface area contributed by atoms with Crippen molar-refractivity contribution in [1.29, 1.82) is 0 Å². The van der Waals surface area contributed by atoms with E-state index < -0.39 is 11.0 Å². The van der Waals surface area contributed by atoms with Gasteiger partial charge in [-0.25, -0.2) is 5.06 Å². The number of hydrogen-bond donors (Lipinski definition) is 1. The summed E-state index contributed by atoms with van der Waals surface area (Å²) in [6.07, 6.45) is 12.9. The van der Waals surface area contributed by atoms with Crippen LogP contribution in [0.3, 0.4) is 0 Å². The Labute approximate surface area is 145 Å². The van der Waals surface area contributed by atoms with Crippen LogP contribution in [0.15, 0.2) is 12.2 Å². The predicted molar refractivity (Wildman–Crippen MR) is 92.4 cm³/mol. The Morgan fingerprint density at radius 3 is 2.29 bits per heavy atom. The molecule has 1 N–H and O–H groups in total. The van der Waals surface area contributed by atoms with E-state index in [2.05, 4.69) is 19.9 Å². The lowest BCUT2D eigenvalue weighted by Gasteiger charge is -2.36. The Morgan fingerprint density at radius 2 is 1.75 bits per heavy atom. The average Bonchev–Trinajstić information content (AvgIpc) is 2.74. The molecular weight excluding hydrogens is 302 g/mol. The van der Waals surface area contributed by atoms with Gasteiger partial charge in [-0.15, -0.1) is 0 Å². The molecule has 0 aromatic heterocycles. The third kappa shape index (κ3) is 2.54. The first-order valence-corrected chi connectivity index (χ1v) is 9.78. The molecule has 1 saturated carbocycles. The van der Waals surface area contributed by atoms with Gasteiger partial charge < -0.3 is 0 Å². The number of nitrogens with zero attached hydrogens (tertiary/aromatic N) is 1. The molecule has 1 aliphatic heterocycles.